The number of methoxy groups -OCH3 is 1. The number of para-hydroxylation sites is 1. The maximum absolute atomic E-state index is 12.8. The molecule has 0 unspecified atom stereocenters. The lowest BCUT2D eigenvalue weighted by atomic mass is 10.1. The molecule has 3 rings (SSSR count). The molecule has 0 fully saturated rings. The third-order valence-corrected chi connectivity index (χ3v) is 4.18. The van der Waals surface area contributed by atoms with Gasteiger partial charge in [-0.1, -0.05) is 29.3 Å². The summed E-state index contributed by atoms with van der Waals surface area (Å²) in [5.74, 6) is 2.14. The van der Waals surface area contributed by atoms with Gasteiger partial charge in [0.1, 0.15) is 5.75 Å². The van der Waals surface area contributed by atoms with Gasteiger partial charge >= 0.3 is 0 Å². The van der Waals surface area contributed by atoms with Gasteiger partial charge in [-0.3, -0.25) is 9.59 Å². The molecule has 0 saturated carbocycles. The van der Waals surface area contributed by atoms with Crippen LogP contribution in [-0.4, -0.2) is 40.5 Å². The Balaban J connectivity index is 1.85. The lowest BCUT2D eigenvalue weighted by molar-refractivity contribution is 0.0959. The Hall–Kier alpha value is -4.12. The number of aromatic nitrogens is 3. The fraction of sp³-hybridized carbons (Fsp3) is 0.143. The van der Waals surface area contributed by atoms with E-state index < -0.39 is 5.91 Å². The van der Waals surface area contributed by atoms with Crippen LogP contribution in [0.25, 0.3) is 5.69 Å². The lowest BCUT2D eigenvalue weighted by Crippen LogP contribution is -2.25. The van der Waals surface area contributed by atoms with E-state index in [1.165, 1.54) is 0 Å². The van der Waals surface area contributed by atoms with E-state index in [0.29, 0.717) is 28.4 Å². The minimum Gasteiger partial charge on any atom is -0.497 e. The van der Waals surface area contributed by atoms with Gasteiger partial charge in [-0.25, -0.2) is 4.68 Å². The number of carbonyl (C=O) groups excluding carboxylic acids is 2. The molecule has 1 heterocycles. The number of rotatable bonds is 6. The molecule has 0 bridgehead atoms. The number of terminal acetylenes is 1. The van der Waals surface area contributed by atoms with Crippen LogP contribution in [0.2, 0.25) is 0 Å². The highest BCUT2D eigenvalue weighted by Crippen LogP contribution is 2.20. The van der Waals surface area contributed by atoms with E-state index in [1.807, 2.05) is 18.2 Å². The van der Waals surface area contributed by atoms with Gasteiger partial charge in [0.15, 0.2) is 5.69 Å². The molecule has 0 saturated heterocycles. The van der Waals surface area contributed by atoms with Crippen molar-refractivity contribution in [2.24, 2.45) is 0 Å². The smallest absolute Gasteiger partial charge is 0.278 e. The van der Waals surface area contributed by atoms with Crippen molar-refractivity contribution in [2.75, 3.05) is 19.0 Å². The Bertz CT molecular complexity index is 1100. The molecule has 0 aliphatic heterocycles. The number of carbonyl (C=O) groups is 2. The van der Waals surface area contributed by atoms with Gasteiger partial charge in [0.25, 0.3) is 11.8 Å². The highest BCUT2D eigenvalue weighted by Gasteiger charge is 2.20. The van der Waals surface area contributed by atoms with Crippen LogP contribution in [0, 0.1) is 19.3 Å². The average molecular weight is 389 g/mol. The molecule has 0 spiro atoms. The Morgan fingerprint density at radius 2 is 1.97 bits per heavy atom. The van der Waals surface area contributed by atoms with Crippen molar-refractivity contribution in [1.29, 1.82) is 0 Å². The Labute approximate surface area is 167 Å². The first-order chi connectivity index (χ1) is 14.0. The van der Waals surface area contributed by atoms with E-state index in [0.717, 1.165) is 0 Å². The number of nitrogens with one attached hydrogen (secondary N) is 2. The molecule has 2 amide bonds. The van der Waals surface area contributed by atoms with E-state index in [9.17, 15) is 9.59 Å². The molecular formula is C21H19N5O3. The average Bonchev–Trinajstić information content (AvgIpc) is 3.13. The minimum atomic E-state index is -0.478. The van der Waals surface area contributed by atoms with E-state index >= 15 is 0 Å². The SMILES string of the molecule is C#CCNC(=O)c1ccccc1NC(=O)c1nnn(-c2cccc(OC)c2)c1C. The molecule has 2 N–H and O–H groups in total. The van der Waals surface area contributed by atoms with Gasteiger partial charge in [-0.15, -0.1) is 11.5 Å². The maximum atomic E-state index is 12.8. The molecule has 0 atom stereocenters. The summed E-state index contributed by atoms with van der Waals surface area (Å²) >= 11 is 0. The third kappa shape index (κ3) is 4.25. The number of anilines is 1. The van der Waals surface area contributed by atoms with E-state index in [4.69, 9.17) is 11.2 Å². The second-order valence-corrected chi connectivity index (χ2v) is 6.02. The number of hydrogen-bond acceptors (Lipinski definition) is 5. The van der Waals surface area contributed by atoms with Crippen molar-refractivity contribution in [3.05, 3.63) is 65.5 Å². The van der Waals surface area contributed by atoms with Crippen LogP contribution < -0.4 is 15.4 Å². The van der Waals surface area contributed by atoms with Crippen molar-refractivity contribution in [3.8, 4) is 23.8 Å². The maximum Gasteiger partial charge on any atom is 0.278 e. The summed E-state index contributed by atoms with van der Waals surface area (Å²) in [7, 11) is 1.57. The molecular weight excluding hydrogens is 370 g/mol. The quantitative estimate of drug-likeness (QED) is 0.630. The van der Waals surface area contributed by atoms with E-state index in [2.05, 4.69) is 26.9 Å². The largest absolute Gasteiger partial charge is 0.497 e. The Morgan fingerprint density at radius 3 is 2.72 bits per heavy atom. The van der Waals surface area contributed by atoms with Crippen LogP contribution >= 0.6 is 0 Å². The number of amides is 2. The van der Waals surface area contributed by atoms with Gasteiger partial charge in [0.2, 0.25) is 0 Å². The Morgan fingerprint density at radius 1 is 1.17 bits per heavy atom. The molecule has 1 aromatic heterocycles. The molecule has 0 aliphatic carbocycles. The fourth-order valence-corrected chi connectivity index (χ4v) is 2.72. The summed E-state index contributed by atoms with van der Waals surface area (Å²) in [6.07, 6.45) is 5.17. The van der Waals surface area contributed by atoms with Crippen molar-refractivity contribution in [3.63, 3.8) is 0 Å². The van der Waals surface area contributed by atoms with Gasteiger partial charge in [-0.2, -0.15) is 0 Å². The molecule has 29 heavy (non-hydrogen) atoms. The number of benzene rings is 2. The molecule has 8 heteroatoms. The molecule has 146 valence electrons. The summed E-state index contributed by atoms with van der Waals surface area (Å²) < 4.78 is 6.77. The van der Waals surface area contributed by atoms with Gasteiger partial charge in [0.05, 0.1) is 36.3 Å². The standard InChI is InChI=1S/C21H19N5O3/c1-4-12-22-20(27)17-10-5-6-11-18(17)23-21(28)19-14(2)26(25-24-19)15-8-7-9-16(13-15)29-3/h1,5-11,13H,12H2,2-3H3,(H,22,27)(H,23,28). The zero-order valence-corrected chi connectivity index (χ0v) is 16.0. The second kappa shape index (κ2) is 8.71. The first-order valence-corrected chi connectivity index (χ1v) is 8.74. The summed E-state index contributed by atoms with van der Waals surface area (Å²) in [5.41, 5.74) is 2.05. The minimum absolute atomic E-state index is 0.0923. The fourth-order valence-electron chi connectivity index (χ4n) is 2.72. The number of hydrogen-bond donors (Lipinski definition) is 2. The van der Waals surface area contributed by atoms with Crippen molar-refractivity contribution < 1.29 is 14.3 Å². The highest BCUT2D eigenvalue weighted by molar-refractivity contribution is 6.08. The Kier molecular flexibility index (Phi) is 5.90. The lowest BCUT2D eigenvalue weighted by Gasteiger charge is -2.10. The van der Waals surface area contributed by atoms with Gasteiger partial charge in [0, 0.05) is 6.07 Å². The van der Waals surface area contributed by atoms with E-state index in [1.54, 1.807) is 49.0 Å². The molecule has 3 aromatic rings. The van der Waals surface area contributed by atoms with Crippen molar-refractivity contribution >= 4 is 17.5 Å². The van der Waals surface area contributed by atoms with E-state index in [-0.39, 0.29) is 18.1 Å². The van der Waals surface area contributed by atoms with Gasteiger partial charge < -0.3 is 15.4 Å². The molecule has 0 aliphatic rings. The first-order valence-electron chi connectivity index (χ1n) is 8.74. The molecule has 8 nitrogen and oxygen atoms in total. The normalized spacial score (nSPS) is 10.1. The zero-order chi connectivity index (χ0) is 20.8. The molecule has 2 aromatic carbocycles. The third-order valence-electron chi connectivity index (χ3n) is 4.18. The summed E-state index contributed by atoms with van der Waals surface area (Å²) in [6, 6.07) is 13.9. The van der Waals surface area contributed by atoms with Crippen LogP contribution in [0.1, 0.15) is 26.5 Å². The monoisotopic (exact) mass is 389 g/mol. The predicted molar refractivity (Wildman–Crippen MR) is 108 cm³/mol. The number of ether oxygens (including phenoxy) is 1. The summed E-state index contributed by atoms with van der Waals surface area (Å²) in [4.78, 5) is 25.0. The zero-order valence-electron chi connectivity index (χ0n) is 16.0. The van der Waals surface area contributed by atoms with Crippen LogP contribution in [0.4, 0.5) is 5.69 Å². The topological polar surface area (TPSA) is 98.1 Å². The van der Waals surface area contributed by atoms with Gasteiger partial charge in [-0.05, 0) is 31.2 Å². The summed E-state index contributed by atoms with van der Waals surface area (Å²) in [6.45, 7) is 1.83. The first kappa shape index (κ1) is 19.6. The van der Waals surface area contributed by atoms with Crippen LogP contribution in [-0.2, 0) is 0 Å². The predicted octanol–water partition coefficient (Wildman–Crippen LogP) is 2.20. The molecule has 0 radical (unpaired) electrons. The van der Waals surface area contributed by atoms with Crippen LogP contribution in [0.3, 0.4) is 0 Å². The summed E-state index contributed by atoms with van der Waals surface area (Å²) in [5, 5.41) is 13.4. The van der Waals surface area contributed by atoms with Crippen LogP contribution in [0.15, 0.2) is 48.5 Å². The highest BCUT2D eigenvalue weighted by atomic mass is 16.5. The number of nitrogens with zero attached hydrogens (tertiary/aromatic N) is 3. The second-order valence-electron chi connectivity index (χ2n) is 6.02. The van der Waals surface area contributed by atoms with Crippen LogP contribution in [0.5, 0.6) is 5.75 Å². The van der Waals surface area contributed by atoms with Crippen molar-refractivity contribution in [1.82, 2.24) is 20.3 Å². The van der Waals surface area contributed by atoms with Crippen molar-refractivity contribution in [2.45, 2.75) is 6.92 Å².